The van der Waals surface area contributed by atoms with E-state index in [1.807, 2.05) is 6.92 Å². The second-order valence-electron chi connectivity index (χ2n) is 5.24. The Bertz CT molecular complexity index is 813. The van der Waals surface area contributed by atoms with Crippen molar-refractivity contribution in [2.24, 2.45) is 0 Å². The van der Waals surface area contributed by atoms with Gasteiger partial charge in [-0.05, 0) is 19.1 Å². The zero-order valence-electron chi connectivity index (χ0n) is 14.1. The molecule has 1 aromatic heterocycles. The molecule has 2 rings (SSSR count). The summed E-state index contributed by atoms with van der Waals surface area (Å²) >= 11 is 5.76. The van der Waals surface area contributed by atoms with Gasteiger partial charge in [0.2, 0.25) is 0 Å². The van der Waals surface area contributed by atoms with Gasteiger partial charge in [-0.15, -0.1) is 0 Å². The van der Waals surface area contributed by atoms with Crippen molar-refractivity contribution < 1.29 is 23.1 Å². The number of H-pyrrole nitrogens is 1. The van der Waals surface area contributed by atoms with E-state index in [-0.39, 0.29) is 28.0 Å². The number of aromatic amines is 1. The summed E-state index contributed by atoms with van der Waals surface area (Å²) in [5.41, 5.74) is -0.0913. The first-order valence-electron chi connectivity index (χ1n) is 7.66. The molecule has 0 aliphatic rings. The molecule has 140 valence electrons. The molecule has 1 aromatic carbocycles. The van der Waals surface area contributed by atoms with E-state index in [1.54, 1.807) is 0 Å². The zero-order chi connectivity index (χ0) is 19.3. The molecular formula is C16H17ClF2N4O3. The number of nitrogens with zero attached hydrogens (tertiary/aromatic N) is 2. The number of carbonyl (C=O) groups is 2. The molecular weight excluding hydrogens is 370 g/mol. The summed E-state index contributed by atoms with van der Waals surface area (Å²) in [6.07, 6.45) is 0. The van der Waals surface area contributed by atoms with Crippen LogP contribution in [0, 0.1) is 11.6 Å². The normalized spacial score (nSPS) is 10.7. The molecule has 10 heteroatoms. The van der Waals surface area contributed by atoms with Crippen LogP contribution in [0.25, 0.3) is 0 Å². The fraction of sp³-hybridized carbons (Fsp3) is 0.312. The minimum Gasteiger partial charge on any atom is -0.383 e. The summed E-state index contributed by atoms with van der Waals surface area (Å²) in [6.45, 7) is 3.06. The molecule has 0 atom stereocenters. The topological polar surface area (TPSA) is 87.3 Å². The van der Waals surface area contributed by atoms with Gasteiger partial charge in [0, 0.05) is 26.3 Å². The molecule has 7 nitrogen and oxygen atoms in total. The van der Waals surface area contributed by atoms with E-state index in [0.29, 0.717) is 31.8 Å². The Morgan fingerprint density at radius 3 is 2.65 bits per heavy atom. The summed E-state index contributed by atoms with van der Waals surface area (Å²) in [7, 11) is 1.53. The maximum atomic E-state index is 13.3. The van der Waals surface area contributed by atoms with Gasteiger partial charge in [0.25, 0.3) is 11.8 Å². The van der Waals surface area contributed by atoms with Gasteiger partial charge >= 0.3 is 0 Å². The number of halogens is 3. The quantitative estimate of drug-likeness (QED) is 0.716. The van der Waals surface area contributed by atoms with Crippen molar-refractivity contribution in [3.8, 4) is 0 Å². The maximum absolute atomic E-state index is 13.3. The maximum Gasteiger partial charge on any atom is 0.272 e. The summed E-state index contributed by atoms with van der Waals surface area (Å²) in [5, 5.41) is 8.47. The van der Waals surface area contributed by atoms with E-state index in [0.717, 1.165) is 0 Å². The first kappa shape index (κ1) is 19.8. The summed E-state index contributed by atoms with van der Waals surface area (Å²) in [5.74, 6) is -3.42. The smallest absolute Gasteiger partial charge is 0.272 e. The number of nitrogens with one attached hydrogen (secondary N) is 2. The average Bonchev–Trinajstić information content (AvgIpc) is 3.06. The van der Waals surface area contributed by atoms with Gasteiger partial charge in [-0.2, -0.15) is 5.10 Å². The van der Waals surface area contributed by atoms with E-state index in [2.05, 4.69) is 15.5 Å². The number of carbonyl (C=O) groups excluding carboxylic acids is 2. The van der Waals surface area contributed by atoms with Crippen LogP contribution in [0.2, 0.25) is 5.02 Å². The largest absolute Gasteiger partial charge is 0.383 e. The van der Waals surface area contributed by atoms with Crippen LogP contribution >= 0.6 is 11.6 Å². The van der Waals surface area contributed by atoms with Crippen LogP contribution < -0.4 is 5.32 Å². The Morgan fingerprint density at radius 1 is 1.31 bits per heavy atom. The Hall–Kier alpha value is -2.52. The van der Waals surface area contributed by atoms with Crippen molar-refractivity contribution in [1.82, 2.24) is 15.1 Å². The second kappa shape index (κ2) is 8.72. The number of likely N-dealkylation sites (N-methyl/N-ethyl adjacent to an activating group) is 1. The lowest BCUT2D eigenvalue weighted by Crippen LogP contribution is -2.33. The highest BCUT2D eigenvalue weighted by Crippen LogP contribution is 2.21. The van der Waals surface area contributed by atoms with Gasteiger partial charge in [0.05, 0.1) is 17.2 Å². The molecule has 0 saturated carbocycles. The number of benzene rings is 1. The molecule has 2 aromatic rings. The molecule has 0 spiro atoms. The number of anilines is 1. The van der Waals surface area contributed by atoms with Gasteiger partial charge in [-0.3, -0.25) is 14.7 Å². The van der Waals surface area contributed by atoms with Gasteiger partial charge in [0.15, 0.2) is 17.5 Å². The molecule has 0 aliphatic carbocycles. The third kappa shape index (κ3) is 4.55. The van der Waals surface area contributed by atoms with Crippen molar-refractivity contribution in [2.45, 2.75) is 6.92 Å². The fourth-order valence-electron chi connectivity index (χ4n) is 2.15. The number of hydrogen-bond acceptors (Lipinski definition) is 4. The Balaban J connectivity index is 2.11. The summed E-state index contributed by atoms with van der Waals surface area (Å²) in [4.78, 5) is 26.1. The van der Waals surface area contributed by atoms with Gasteiger partial charge in [-0.1, -0.05) is 11.6 Å². The Labute approximate surface area is 153 Å². The highest BCUT2D eigenvalue weighted by Gasteiger charge is 2.19. The van der Waals surface area contributed by atoms with E-state index in [4.69, 9.17) is 16.3 Å². The van der Waals surface area contributed by atoms with Crippen molar-refractivity contribution in [2.75, 3.05) is 32.1 Å². The number of ether oxygens (including phenoxy) is 1. The van der Waals surface area contributed by atoms with Gasteiger partial charge in [0.1, 0.15) is 5.69 Å². The Morgan fingerprint density at radius 2 is 2.00 bits per heavy atom. The molecule has 0 unspecified atom stereocenters. The number of aromatic nitrogens is 2. The van der Waals surface area contributed by atoms with E-state index >= 15 is 0 Å². The lowest BCUT2D eigenvalue weighted by Gasteiger charge is -2.19. The molecule has 0 radical (unpaired) electrons. The molecule has 0 fully saturated rings. The molecule has 0 aliphatic heterocycles. The number of amides is 2. The highest BCUT2D eigenvalue weighted by atomic mass is 35.5. The van der Waals surface area contributed by atoms with Crippen molar-refractivity contribution in [1.29, 1.82) is 0 Å². The lowest BCUT2D eigenvalue weighted by atomic mass is 10.2. The van der Waals surface area contributed by atoms with Crippen LogP contribution in [-0.4, -0.2) is 53.7 Å². The zero-order valence-corrected chi connectivity index (χ0v) is 14.9. The molecule has 2 N–H and O–H groups in total. The minimum absolute atomic E-state index is 0.0435. The first-order chi connectivity index (χ1) is 12.4. The first-order valence-corrected chi connectivity index (χ1v) is 8.04. The molecule has 0 bridgehead atoms. The molecule has 1 heterocycles. The van der Waals surface area contributed by atoms with Crippen LogP contribution in [0.5, 0.6) is 0 Å². The van der Waals surface area contributed by atoms with Gasteiger partial charge < -0.3 is 15.0 Å². The van der Waals surface area contributed by atoms with Crippen LogP contribution in [0.15, 0.2) is 18.2 Å². The Kier molecular flexibility index (Phi) is 6.64. The van der Waals surface area contributed by atoms with Crippen LogP contribution in [-0.2, 0) is 4.74 Å². The average molecular weight is 387 g/mol. The lowest BCUT2D eigenvalue weighted by molar-refractivity contribution is 0.0700. The molecule has 26 heavy (non-hydrogen) atoms. The van der Waals surface area contributed by atoms with Crippen LogP contribution in [0.1, 0.15) is 27.8 Å². The third-order valence-electron chi connectivity index (χ3n) is 3.54. The number of hydrogen-bond donors (Lipinski definition) is 2. The monoisotopic (exact) mass is 386 g/mol. The fourth-order valence-corrected chi connectivity index (χ4v) is 2.39. The summed E-state index contributed by atoms with van der Waals surface area (Å²) < 4.78 is 31.3. The van der Waals surface area contributed by atoms with E-state index in [1.165, 1.54) is 18.1 Å². The predicted molar refractivity (Wildman–Crippen MR) is 91.4 cm³/mol. The van der Waals surface area contributed by atoms with Gasteiger partial charge in [-0.25, -0.2) is 8.78 Å². The standard InChI is InChI=1S/C16H17ClF2N4O3/c1-3-23(4-5-26-2)16(25)13-8-14(22-21-13)20-15(24)9-6-11(18)12(19)7-10(9)17/h6-8H,3-5H2,1-2H3,(H2,20,21,22,24). The van der Waals surface area contributed by atoms with Crippen molar-refractivity contribution in [3.05, 3.63) is 46.1 Å². The highest BCUT2D eigenvalue weighted by molar-refractivity contribution is 6.34. The molecule has 2 amide bonds. The van der Waals surface area contributed by atoms with E-state index in [9.17, 15) is 18.4 Å². The van der Waals surface area contributed by atoms with Crippen LogP contribution in [0.4, 0.5) is 14.6 Å². The SMILES string of the molecule is CCN(CCOC)C(=O)c1cc(NC(=O)c2cc(F)c(F)cc2Cl)n[nH]1. The van der Waals surface area contributed by atoms with Crippen molar-refractivity contribution >= 4 is 29.2 Å². The van der Waals surface area contributed by atoms with Crippen molar-refractivity contribution in [3.63, 3.8) is 0 Å². The van der Waals surface area contributed by atoms with E-state index < -0.39 is 17.5 Å². The third-order valence-corrected chi connectivity index (χ3v) is 3.85. The minimum atomic E-state index is -1.20. The number of rotatable bonds is 7. The summed E-state index contributed by atoms with van der Waals surface area (Å²) in [6, 6.07) is 2.74. The number of methoxy groups -OCH3 is 1. The molecule has 0 saturated heterocycles. The second-order valence-corrected chi connectivity index (χ2v) is 5.65. The predicted octanol–water partition coefficient (Wildman–Crippen LogP) is 2.70. The van der Waals surface area contributed by atoms with Crippen LogP contribution in [0.3, 0.4) is 0 Å².